The predicted molar refractivity (Wildman–Crippen MR) is 130 cm³/mol. The predicted octanol–water partition coefficient (Wildman–Crippen LogP) is 4.14. The van der Waals surface area contributed by atoms with Crippen molar-refractivity contribution in [3.8, 4) is 0 Å². The summed E-state index contributed by atoms with van der Waals surface area (Å²) in [4.78, 5) is 9.07. The van der Waals surface area contributed by atoms with Crippen molar-refractivity contribution in [2.75, 3.05) is 38.6 Å². The second kappa shape index (κ2) is 10.4. The van der Waals surface area contributed by atoms with Gasteiger partial charge in [0.25, 0.3) is 0 Å². The minimum absolute atomic E-state index is 0. The fraction of sp³-hybridized carbons (Fsp3) is 0.476. The SMILES string of the molecule is CN=C(NCC1CCN(c2cc(Cl)ccc2C)C1)N(C)Cc1cccn1C.I. The summed E-state index contributed by atoms with van der Waals surface area (Å²) in [5.41, 5.74) is 3.81. The van der Waals surface area contributed by atoms with Gasteiger partial charge in [-0.3, -0.25) is 4.99 Å². The van der Waals surface area contributed by atoms with Gasteiger partial charge in [0.05, 0.1) is 6.54 Å². The lowest BCUT2D eigenvalue weighted by Crippen LogP contribution is -2.41. The van der Waals surface area contributed by atoms with E-state index in [0.29, 0.717) is 5.92 Å². The summed E-state index contributed by atoms with van der Waals surface area (Å²) in [7, 11) is 6.00. The Hall–Kier alpha value is -1.41. The molecule has 7 heteroatoms. The summed E-state index contributed by atoms with van der Waals surface area (Å²) in [6, 6.07) is 10.4. The molecule has 2 aromatic rings. The van der Waals surface area contributed by atoms with Crippen molar-refractivity contribution in [3.05, 3.63) is 52.8 Å². The standard InChI is InChI=1S/C21H30ClN5.HI/c1-16-7-8-18(22)12-20(16)27-11-9-17(14-27)13-24-21(23-2)26(4)15-19-6-5-10-25(19)3;/h5-8,10,12,17H,9,11,13-15H2,1-4H3,(H,23,24);1H. The normalized spacial score (nSPS) is 16.8. The van der Waals surface area contributed by atoms with Crippen molar-refractivity contribution in [1.29, 1.82) is 0 Å². The molecule has 1 saturated heterocycles. The number of nitrogens with one attached hydrogen (secondary N) is 1. The minimum Gasteiger partial charge on any atom is -0.371 e. The van der Waals surface area contributed by atoms with Crippen LogP contribution in [0.4, 0.5) is 5.69 Å². The van der Waals surface area contributed by atoms with E-state index in [9.17, 15) is 0 Å². The van der Waals surface area contributed by atoms with Crippen molar-refractivity contribution < 1.29 is 0 Å². The molecule has 1 unspecified atom stereocenters. The first-order valence-electron chi connectivity index (χ1n) is 9.51. The summed E-state index contributed by atoms with van der Waals surface area (Å²) in [5, 5.41) is 4.36. The number of guanidine groups is 1. The fourth-order valence-corrected chi connectivity index (χ4v) is 3.91. The highest BCUT2D eigenvalue weighted by molar-refractivity contribution is 14.0. The lowest BCUT2D eigenvalue weighted by atomic mass is 10.1. The van der Waals surface area contributed by atoms with Crippen LogP contribution in [0, 0.1) is 12.8 Å². The lowest BCUT2D eigenvalue weighted by molar-refractivity contribution is 0.450. The Bertz CT molecular complexity index is 804. The molecule has 0 spiro atoms. The van der Waals surface area contributed by atoms with Crippen LogP contribution in [0.3, 0.4) is 0 Å². The monoisotopic (exact) mass is 515 g/mol. The molecule has 0 saturated carbocycles. The van der Waals surface area contributed by atoms with Crippen LogP contribution < -0.4 is 10.2 Å². The van der Waals surface area contributed by atoms with Crippen molar-refractivity contribution in [1.82, 2.24) is 14.8 Å². The zero-order valence-corrected chi connectivity index (χ0v) is 20.2. The number of nitrogens with zero attached hydrogens (tertiary/aromatic N) is 4. The van der Waals surface area contributed by atoms with Gasteiger partial charge in [-0.2, -0.15) is 0 Å². The van der Waals surface area contributed by atoms with E-state index >= 15 is 0 Å². The van der Waals surface area contributed by atoms with Gasteiger partial charge in [0.15, 0.2) is 5.96 Å². The average molecular weight is 516 g/mol. The molecular weight excluding hydrogens is 485 g/mol. The zero-order chi connectivity index (χ0) is 19.4. The maximum Gasteiger partial charge on any atom is 0.193 e. The molecule has 28 heavy (non-hydrogen) atoms. The number of halogens is 2. The summed E-state index contributed by atoms with van der Waals surface area (Å²) in [6.07, 6.45) is 3.25. The Morgan fingerprint density at radius 2 is 2.14 bits per heavy atom. The quantitative estimate of drug-likeness (QED) is 0.369. The van der Waals surface area contributed by atoms with Gasteiger partial charge >= 0.3 is 0 Å². The van der Waals surface area contributed by atoms with Crippen LogP contribution in [-0.2, 0) is 13.6 Å². The van der Waals surface area contributed by atoms with Crippen LogP contribution in [0.5, 0.6) is 0 Å². The molecule has 2 heterocycles. The number of aromatic nitrogens is 1. The van der Waals surface area contributed by atoms with Crippen molar-refractivity contribution in [3.63, 3.8) is 0 Å². The van der Waals surface area contributed by atoms with E-state index in [1.807, 2.05) is 13.1 Å². The maximum atomic E-state index is 6.20. The van der Waals surface area contributed by atoms with Crippen molar-refractivity contribution >= 4 is 47.2 Å². The molecule has 154 valence electrons. The Kier molecular flexibility index (Phi) is 8.49. The molecule has 5 nitrogen and oxygen atoms in total. The number of aryl methyl sites for hydroxylation is 2. The van der Waals surface area contributed by atoms with Crippen LogP contribution in [0.15, 0.2) is 41.5 Å². The first kappa shape index (κ1) is 22.9. The largest absolute Gasteiger partial charge is 0.371 e. The van der Waals surface area contributed by atoms with Gasteiger partial charge in [0.2, 0.25) is 0 Å². The summed E-state index contributed by atoms with van der Waals surface area (Å²) < 4.78 is 2.14. The van der Waals surface area contributed by atoms with Gasteiger partial charge in [-0.25, -0.2) is 0 Å². The Morgan fingerprint density at radius 3 is 2.82 bits per heavy atom. The van der Waals surface area contributed by atoms with Gasteiger partial charge in [-0.15, -0.1) is 24.0 Å². The topological polar surface area (TPSA) is 35.8 Å². The first-order chi connectivity index (χ1) is 13.0. The molecular formula is C21H31ClIN5. The molecule has 0 aliphatic carbocycles. The highest BCUT2D eigenvalue weighted by atomic mass is 127. The number of benzene rings is 1. The average Bonchev–Trinajstić information content (AvgIpc) is 3.27. The van der Waals surface area contributed by atoms with Gasteiger partial charge in [-0.1, -0.05) is 17.7 Å². The van der Waals surface area contributed by atoms with Crippen LogP contribution in [0.2, 0.25) is 5.02 Å². The minimum atomic E-state index is 0. The Morgan fingerprint density at radius 1 is 1.36 bits per heavy atom. The molecule has 1 N–H and O–H groups in total. The Balaban J connectivity index is 0.00000280. The number of hydrogen-bond acceptors (Lipinski definition) is 2. The third-order valence-electron chi connectivity index (χ3n) is 5.37. The van der Waals surface area contributed by atoms with E-state index in [2.05, 4.69) is 76.2 Å². The van der Waals surface area contributed by atoms with Crippen molar-refractivity contribution in [2.24, 2.45) is 18.0 Å². The van der Waals surface area contributed by atoms with E-state index in [0.717, 1.165) is 37.2 Å². The van der Waals surface area contributed by atoms with E-state index in [4.69, 9.17) is 11.6 Å². The highest BCUT2D eigenvalue weighted by Gasteiger charge is 2.24. The van der Waals surface area contributed by atoms with E-state index in [1.54, 1.807) is 0 Å². The summed E-state index contributed by atoms with van der Waals surface area (Å²) >= 11 is 6.20. The molecule has 1 aliphatic rings. The molecule has 1 fully saturated rings. The van der Waals surface area contributed by atoms with Gasteiger partial charge in [-0.05, 0) is 49.1 Å². The first-order valence-corrected chi connectivity index (χ1v) is 9.89. The summed E-state index contributed by atoms with van der Waals surface area (Å²) in [5.74, 6) is 1.54. The lowest BCUT2D eigenvalue weighted by Gasteiger charge is -2.24. The van der Waals surface area contributed by atoms with Gasteiger partial charge in [0, 0.05) is 63.4 Å². The van der Waals surface area contributed by atoms with Crippen LogP contribution in [0.1, 0.15) is 17.7 Å². The molecule has 3 rings (SSSR count). The fourth-order valence-electron chi connectivity index (χ4n) is 3.74. The van der Waals surface area contributed by atoms with Crippen LogP contribution >= 0.6 is 35.6 Å². The highest BCUT2D eigenvalue weighted by Crippen LogP contribution is 2.29. The number of anilines is 1. The molecule has 0 amide bonds. The second-order valence-electron chi connectivity index (χ2n) is 7.43. The van der Waals surface area contributed by atoms with E-state index in [-0.39, 0.29) is 24.0 Å². The smallest absolute Gasteiger partial charge is 0.193 e. The third-order valence-corrected chi connectivity index (χ3v) is 5.61. The maximum absolute atomic E-state index is 6.20. The number of hydrogen-bond donors (Lipinski definition) is 1. The number of aliphatic imine (C=N–C) groups is 1. The van der Waals surface area contributed by atoms with Crippen molar-refractivity contribution in [2.45, 2.75) is 19.9 Å². The van der Waals surface area contributed by atoms with Crippen LogP contribution in [0.25, 0.3) is 0 Å². The van der Waals surface area contributed by atoms with Gasteiger partial charge in [0.1, 0.15) is 0 Å². The Labute approximate surface area is 190 Å². The van der Waals surface area contributed by atoms with Crippen LogP contribution in [-0.4, -0.2) is 49.2 Å². The molecule has 0 radical (unpaired) electrons. The third kappa shape index (κ3) is 5.56. The molecule has 1 atom stereocenters. The van der Waals surface area contributed by atoms with Gasteiger partial charge < -0.3 is 19.7 Å². The second-order valence-corrected chi connectivity index (χ2v) is 7.86. The van der Waals surface area contributed by atoms with E-state index in [1.165, 1.54) is 23.4 Å². The molecule has 1 aliphatic heterocycles. The zero-order valence-electron chi connectivity index (χ0n) is 17.2. The summed E-state index contributed by atoms with van der Waals surface area (Å²) in [6.45, 7) is 6.04. The van der Waals surface area contributed by atoms with E-state index < -0.39 is 0 Å². The molecule has 0 bridgehead atoms. The molecule has 1 aromatic carbocycles. The number of rotatable bonds is 5. The molecule has 1 aromatic heterocycles.